The van der Waals surface area contributed by atoms with E-state index in [1.807, 2.05) is 5.32 Å². The van der Waals surface area contributed by atoms with Crippen LogP contribution in [0.15, 0.2) is 0 Å². The van der Waals surface area contributed by atoms with Crippen LogP contribution >= 0.6 is 0 Å². The summed E-state index contributed by atoms with van der Waals surface area (Å²) >= 11 is 0. The molecule has 1 unspecified atom stereocenters. The second-order valence-corrected chi connectivity index (χ2v) is 3.46. The van der Waals surface area contributed by atoms with E-state index in [4.69, 9.17) is 16.6 Å². The summed E-state index contributed by atoms with van der Waals surface area (Å²) in [5.41, 5.74) is 10.4. The number of nitrogens with two attached hydrogens (primary N) is 2. The number of unbranched alkanes of at least 4 members (excludes halogenated alkanes) is 1. The highest BCUT2D eigenvalue weighted by Crippen LogP contribution is 1.96. The SMILES string of the molecule is NCCCCC(N)C(=O)O.O=C1CNC(=O)N1. The Hall–Kier alpha value is -1.67. The Morgan fingerprint density at radius 3 is 2.35 bits per heavy atom. The molecule has 1 aliphatic heterocycles. The number of imide groups is 1. The lowest BCUT2D eigenvalue weighted by atomic mass is 10.1. The van der Waals surface area contributed by atoms with Crippen LogP contribution in [0.4, 0.5) is 4.79 Å². The first-order valence-corrected chi connectivity index (χ1v) is 5.23. The third kappa shape index (κ3) is 8.17. The Balaban J connectivity index is 0.000000318. The molecule has 1 rings (SSSR count). The summed E-state index contributed by atoms with van der Waals surface area (Å²) in [4.78, 5) is 30.2. The van der Waals surface area contributed by atoms with Crippen LogP contribution in [-0.2, 0) is 9.59 Å². The van der Waals surface area contributed by atoms with Gasteiger partial charge in [0, 0.05) is 0 Å². The lowest BCUT2D eigenvalue weighted by Crippen LogP contribution is -2.29. The third-order valence-corrected chi connectivity index (χ3v) is 1.95. The monoisotopic (exact) mass is 246 g/mol. The summed E-state index contributed by atoms with van der Waals surface area (Å²) < 4.78 is 0. The molecule has 0 aromatic rings. The Bertz CT molecular complexity index is 268. The smallest absolute Gasteiger partial charge is 0.321 e. The quantitative estimate of drug-likeness (QED) is 0.290. The van der Waals surface area contributed by atoms with Crippen LogP contribution in [0.2, 0.25) is 0 Å². The lowest BCUT2D eigenvalue weighted by Gasteiger charge is -2.03. The number of amides is 3. The van der Waals surface area contributed by atoms with Gasteiger partial charge in [-0.05, 0) is 19.4 Å². The first kappa shape index (κ1) is 15.3. The molecule has 0 aromatic heterocycles. The summed E-state index contributed by atoms with van der Waals surface area (Å²) in [5, 5.41) is 12.6. The summed E-state index contributed by atoms with van der Waals surface area (Å²) in [7, 11) is 0. The van der Waals surface area contributed by atoms with Crippen LogP contribution in [0.3, 0.4) is 0 Å². The van der Waals surface area contributed by atoms with Gasteiger partial charge in [0.05, 0.1) is 6.54 Å². The summed E-state index contributed by atoms with van der Waals surface area (Å²) in [6.45, 7) is 0.727. The van der Waals surface area contributed by atoms with E-state index in [0.717, 1.165) is 12.8 Å². The Morgan fingerprint density at radius 2 is 2.06 bits per heavy atom. The molecule has 8 nitrogen and oxygen atoms in total. The standard InChI is InChI=1S/C6H14N2O2.C3H4N2O2/c7-4-2-1-3-5(8)6(9)10;6-2-1-4-3(7)5-2/h5H,1-4,7-8H2,(H,9,10);1H2,(H2,4,5,6,7). The van der Waals surface area contributed by atoms with Gasteiger partial charge in [-0.25, -0.2) is 4.79 Å². The number of rotatable bonds is 5. The molecule has 0 saturated carbocycles. The van der Waals surface area contributed by atoms with E-state index in [0.29, 0.717) is 13.0 Å². The van der Waals surface area contributed by atoms with Gasteiger partial charge < -0.3 is 21.9 Å². The van der Waals surface area contributed by atoms with Crippen molar-refractivity contribution in [1.82, 2.24) is 10.6 Å². The van der Waals surface area contributed by atoms with Gasteiger partial charge in [-0.1, -0.05) is 6.42 Å². The average Bonchev–Trinajstić information content (AvgIpc) is 2.63. The maximum absolute atomic E-state index is 10.1. The van der Waals surface area contributed by atoms with Crippen LogP contribution < -0.4 is 22.1 Å². The van der Waals surface area contributed by atoms with E-state index in [1.54, 1.807) is 0 Å². The fourth-order valence-electron chi connectivity index (χ4n) is 1.01. The van der Waals surface area contributed by atoms with Crippen LogP contribution in [0.5, 0.6) is 0 Å². The van der Waals surface area contributed by atoms with Crippen molar-refractivity contribution >= 4 is 17.9 Å². The van der Waals surface area contributed by atoms with Gasteiger partial charge in [0.1, 0.15) is 6.04 Å². The maximum Gasteiger partial charge on any atom is 0.321 e. The molecule has 1 saturated heterocycles. The molecule has 0 aliphatic carbocycles. The van der Waals surface area contributed by atoms with Gasteiger partial charge in [-0.2, -0.15) is 0 Å². The zero-order chi connectivity index (χ0) is 13.3. The van der Waals surface area contributed by atoms with Crippen molar-refractivity contribution in [1.29, 1.82) is 0 Å². The largest absolute Gasteiger partial charge is 0.480 e. The highest BCUT2D eigenvalue weighted by atomic mass is 16.4. The molecule has 0 spiro atoms. The normalized spacial score (nSPS) is 15.4. The van der Waals surface area contributed by atoms with E-state index < -0.39 is 18.0 Å². The second-order valence-electron chi connectivity index (χ2n) is 3.46. The number of carboxylic acids is 1. The van der Waals surface area contributed by atoms with E-state index >= 15 is 0 Å². The first-order chi connectivity index (χ1) is 7.97. The van der Waals surface area contributed by atoms with Crippen molar-refractivity contribution in [3.63, 3.8) is 0 Å². The van der Waals surface area contributed by atoms with Gasteiger partial charge in [-0.15, -0.1) is 0 Å². The minimum absolute atomic E-state index is 0.124. The minimum Gasteiger partial charge on any atom is -0.480 e. The van der Waals surface area contributed by atoms with E-state index in [9.17, 15) is 14.4 Å². The molecule has 0 aromatic carbocycles. The van der Waals surface area contributed by atoms with Crippen LogP contribution in [0, 0.1) is 0 Å². The van der Waals surface area contributed by atoms with Crippen LogP contribution in [0.25, 0.3) is 0 Å². The number of carbonyl (C=O) groups excluding carboxylic acids is 2. The maximum atomic E-state index is 10.1. The third-order valence-electron chi connectivity index (χ3n) is 1.95. The number of hydrogen-bond acceptors (Lipinski definition) is 5. The molecule has 1 atom stereocenters. The van der Waals surface area contributed by atoms with Crippen molar-refractivity contribution in [2.75, 3.05) is 13.1 Å². The number of carbonyl (C=O) groups is 3. The van der Waals surface area contributed by atoms with Crippen LogP contribution in [0.1, 0.15) is 19.3 Å². The van der Waals surface area contributed by atoms with Gasteiger partial charge in [0.25, 0.3) is 0 Å². The Labute approximate surface area is 98.7 Å². The number of carboxylic acid groups (broad SMARTS) is 1. The van der Waals surface area contributed by atoms with Crippen molar-refractivity contribution in [2.45, 2.75) is 25.3 Å². The van der Waals surface area contributed by atoms with Crippen molar-refractivity contribution in [2.24, 2.45) is 11.5 Å². The average molecular weight is 246 g/mol. The second kappa shape index (κ2) is 8.48. The van der Waals surface area contributed by atoms with Crippen LogP contribution in [-0.4, -0.2) is 42.1 Å². The number of hydrogen-bond donors (Lipinski definition) is 5. The highest BCUT2D eigenvalue weighted by Gasteiger charge is 2.14. The fraction of sp³-hybridized carbons (Fsp3) is 0.667. The molecule has 0 bridgehead atoms. The molecule has 7 N–H and O–H groups in total. The molecule has 98 valence electrons. The van der Waals surface area contributed by atoms with Gasteiger partial charge >= 0.3 is 12.0 Å². The first-order valence-electron chi connectivity index (χ1n) is 5.23. The molecule has 1 fully saturated rings. The zero-order valence-corrected chi connectivity index (χ0v) is 9.44. The Kier molecular flexibility index (Phi) is 7.65. The number of urea groups is 1. The van der Waals surface area contributed by atoms with Gasteiger partial charge in [0.2, 0.25) is 5.91 Å². The molecule has 0 radical (unpaired) electrons. The van der Waals surface area contributed by atoms with Gasteiger partial charge in [-0.3, -0.25) is 14.9 Å². The molecular weight excluding hydrogens is 228 g/mol. The topological polar surface area (TPSA) is 148 Å². The fourth-order valence-corrected chi connectivity index (χ4v) is 1.01. The lowest BCUT2D eigenvalue weighted by molar-refractivity contribution is -0.138. The molecule has 1 aliphatic rings. The zero-order valence-electron chi connectivity index (χ0n) is 9.44. The van der Waals surface area contributed by atoms with Crippen molar-refractivity contribution < 1.29 is 19.5 Å². The summed E-state index contributed by atoms with van der Waals surface area (Å²) in [6, 6.07) is -1.11. The van der Waals surface area contributed by atoms with E-state index in [2.05, 4.69) is 5.32 Å². The minimum atomic E-state index is -0.933. The van der Waals surface area contributed by atoms with Crippen molar-refractivity contribution in [3.05, 3.63) is 0 Å². The Morgan fingerprint density at radius 1 is 1.41 bits per heavy atom. The predicted molar refractivity (Wildman–Crippen MR) is 60.1 cm³/mol. The molecule has 1 heterocycles. The summed E-state index contributed by atoms with van der Waals surface area (Å²) in [6.07, 6.45) is 2.16. The molecule has 17 heavy (non-hydrogen) atoms. The number of aliphatic carboxylic acids is 1. The highest BCUT2D eigenvalue weighted by molar-refractivity contribution is 6.01. The molecule has 8 heteroatoms. The molecule has 3 amide bonds. The van der Waals surface area contributed by atoms with Gasteiger partial charge in [0.15, 0.2) is 0 Å². The summed E-state index contributed by atoms with van der Waals surface area (Å²) in [5.74, 6) is -1.19. The predicted octanol–water partition coefficient (Wildman–Crippen LogP) is -1.65. The van der Waals surface area contributed by atoms with E-state index in [-0.39, 0.29) is 12.5 Å². The van der Waals surface area contributed by atoms with E-state index in [1.165, 1.54) is 0 Å². The van der Waals surface area contributed by atoms with Crippen molar-refractivity contribution in [3.8, 4) is 0 Å². The molecular formula is C9H18N4O4. The number of nitrogens with one attached hydrogen (secondary N) is 2.